The van der Waals surface area contributed by atoms with Crippen LogP contribution in [-0.4, -0.2) is 47.1 Å². The van der Waals surface area contributed by atoms with E-state index in [1.54, 1.807) is 27.8 Å². The highest BCUT2D eigenvalue weighted by molar-refractivity contribution is 5.76. The summed E-state index contributed by atoms with van der Waals surface area (Å²) >= 11 is 0. The van der Waals surface area contributed by atoms with E-state index in [9.17, 15) is 9.59 Å². The lowest BCUT2D eigenvalue weighted by Gasteiger charge is -2.33. The number of nitrogens with one attached hydrogen (secondary N) is 1. The van der Waals surface area contributed by atoms with Gasteiger partial charge in [-0.2, -0.15) is 0 Å². The molecule has 26 heavy (non-hydrogen) atoms. The van der Waals surface area contributed by atoms with Crippen molar-refractivity contribution in [2.75, 3.05) is 32.1 Å². The molecule has 0 radical (unpaired) electrons. The van der Waals surface area contributed by atoms with Crippen molar-refractivity contribution >= 4 is 11.6 Å². The van der Waals surface area contributed by atoms with Crippen molar-refractivity contribution in [2.24, 2.45) is 0 Å². The SMILES string of the molecule is CNc1cc(C)nc(C2CN(C(=O)CCn3ccccc3=O)CCO2)c1. The van der Waals surface area contributed by atoms with E-state index in [0.29, 0.717) is 32.7 Å². The Morgan fingerprint density at radius 2 is 2.23 bits per heavy atom. The largest absolute Gasteiger partial charge is 0.388 e. The number of carbonyl (C=O) groups excluding carboxylic acids is 1. The monoisotopic (exact) mass is 356 g/mol. The number of aryl methyl sites for hydroxylation is 2. The fourth-order valence-electron chi connectivity index (χ4n) is 3.08. The molecular weight excluding hydrogens is 332 g/mol. The van der Waals surface area contributed by atoms with E-state index in [1.807, 2.05) is 26.1 Å². The van der Waals surface area contributed by atoms with Gasteiger partial charge in [0.25, 0.3) is 5.56 Å². The molecule has 1 saturated heterocycles. The van der Waals surface area contributed by atoms with Crippen LogP contribution in [0.3, 0.4) is 0 Å². The van der Waals surface area contributed by atoms with Gasteiger partial charge in [0.1, 0.15) is 6.10 Å². The first-order chi connectivity index (χ1) is 12.6. The highest BCUT2D eigenvalue weighted by Crippen LogP contribution is 2.24. The van der Waals surface area contributed by atoms with Crippen LogP contribution in [0.15, 0.2) is 41.3 Å². The Labute approximate surface area is 152 Å². The number of morpholine rings is 1. The van der Waals surface area contributed by atoms with E-state index in [2.05, 4.69) is 10.3 Å². The smallest absolute Gasteiger partial charge is 0.250 e. The topological polar surface area (TPSA) is 76.5 Å². The van der Waals surface area contributed by atoms with E-state index >= 15 is 0 Å². The van der Waals surface area contributed by atoms with E-state index in [1.165, 1.54) is 6.07 Å². The highest BCUT2D eigenvalue weighted by atomic mass is 16.5. The Kier molecular flexibility index (Phi) is 5.68. The molecule has 138 valence electrons. The summed E-state index contributed by atoms with van der Waals surface area (Å²) in [5.74, 6) is 0.0237. The molecule has 2 aromatic heterocycles. The second kappa shape index (κ2) is 8.14. The Bertz CT molecular complexity index is 834. The molecule has 7 nitrogen and oxygen atoms in total. The van der Waals surface area contributed by atoms with Gasteiger partial charge < -0.3 is 19.5 Å². The van der Waals surface area contributed by atoms with E-state index in [-0.39, 0.29) is 17.6 Å². The average Bonchev–Trinajstić information content (AvgIpc) is 2.66. The molecule has 0 saturated carbocycles. The molecule has 0 spiro atoms. The van der Waals surface area contributed by atoms with Crippen LogP contribution >= 0.6 is 0 Å². The predicted octanol–water partition coefficient (Wildman–Crippen LogP) is 1.58. The summed E-state index contributed by atoms with van der Waals surface area (Å²) in [6.07, 6.45) is 1.76. The quantitative estimate of drug-likeness (QED) is 0.880. The lowest BCUT2D eigenvalue weighted by Crippen LogP contribution is -2.43. The van der Waals surface area contributed by atoms with Gasteiger partial charge in [0.15, 0.2) is 0 Å². The van der Waals surface area contributed by atoms with Gasteiger partial charge in [0, 0.05) is 50.2 Å². The normalized spacial score (nSPS) is 17.2. The Morgan fingerprint density at radius 3 is 3.00 bits per heavy atom. The first-order valence-corrected chi connectivity index (χ1v) is 8.78. The number of rotatable bonds is 5. The van der Waals surface area contributed by atoms with Crippen LogP contribution in [0.1, 0.15) is 23.9 Å². The Balaban J connectivity index is 1.64. The standard InChI is InChI=1S/C19H24N4O3/c1-14-11-15(20-2)12-16(21-14)17-13-23(9-10-26-17)19(25)6-8-22-7-4-3-5-18(22)24/h3-5,7,11-12,17H,6,8-10,13H2,1-2H3,(H,20,21). The van der Waals surface area contributed by atoms with Crippen molar-refractivity contribution in [1.82, 2.24) is 14.5 Å². The summed E-state index contributed by atoms with van der Waals surface area (Å²) < 4.78 is 7.39. The zero-order valence-corrected chi connectivity index (χ0v) is 15.1. The van der Waals surface area contributed by atoms with Gasteiger partial charge in [0.2, 0.25) is 5.91 Å². The van der Waals surface area contributed by atoms with Gasteiger partial charge in [-0.15, -0.1) is 0 Å². The second-order valence-electron chi connectivity index (χ2n) is 6.35. The van der Waals surface area contributed by atoms with Crippen LogP contribution < -0.4 is 10.9 Å². The fourth-order valence-corrected chi connectivity index (χ4v) is 3.08. The van der Waals surface area contributed by atoms with Crippen molar-refractivity contribution in [2.45, 2.75) is 26.0 Å². The van der Waals surface area contributed by atoms with Crippen LogP contribution in [0, 0.1) is 6.92 Å². The number of carbonyl (C=O) groups is 1. The molecule has 1 aliphatic rings. The number of hydrogen-bond acceptors (Lipinski definition) is 5. The molecule has 1 fully saturated rings. The zero-order chi connectivity index (χ0) is 18.5. The minimum atomic E-state index is -0.237. The third-order valence-corrected chi connectivity index (χ3v) is 4.48. The summed E-state index contributed by atoms with van der Waals surface area (Å²) in [6.45, 7) is 3.83. The number of amides is 1. The van der Waals surface area contributed by atoms with E-state index < -0.39 is 0 Å². The molecule has 1 aliphatic heterocycles. The fraction of sp³-hybridized carbons (Fsp3) is 0.421. The summed E-state index contributed by atoms with van der Waals surface area (Å²) in [5, 5.41) is 3.12. The minimum Gasteiger partial charge on any atom is -0.388 e. The highest BCUT2D eigenvalue weighted by Gasteiger charge is 2.26. The summed E-state index contributed by atoms with van der Waals surface area (Å²) in [4.78, 5) is 30.7. The molecule has 0 aliphatic carbocycles. The molecule has 1 unspecified atom stereocenters. The van der Waals surface area contributed by atoms with Crippen molar-refractivity contribution in [1.29, 1.82) is 0 Å². The molecule has 0 aromatic carbocycles. The molecule has 3 heterocycles. The van der Waals surface area contributed by atoms with Crippen LogP contribution in [0.2, 0.25) is 0 Å². The minimum absolute atomic E-state index is 0.0237. The van der Waals surface area contributed by atoms with Gasteiger partial charge in [0.05, 0.1) is 18.8 Å². The number of ether oxygens (including phenoxy) is 1. The first-order valence-electron chi connectivity index (χ1n) is 8.78. The van der Waals surface area contributed by atoms with Crippen LogP contribution in [-0.2, 0) is 16.1 Å². The van der Waals surface area contributed by atoms with E-state index in [4.69, 9.17) is 4.74 Å². The Morgan fingerprint density at radius 1 is 1.38 bits per heavy atom. The molecular formula is C19H24N4O3. The Hall–Kier alpha value is -2.67. The molecule has 0 bridgehead atoms. The third kappa shape index (κ3) is 4.29. The number of hydrogen-bond donors (Lipinski definition) is 1. The van der Waals surface area contributed by atoms with Gasteiger partial charge in [-0.05, 0) is 25.1 Å². The van der Waals surface area contributed by atoms with Gasteiger partial charge in [-0.25, -0.2) is 0 Å². The molecule has 3 rings (SSSR count). The summed E-state index contributed by atoms with van der Waals surface area (Å²) in [6, 6.07) is 8.90. The molecule has 1 amide bonds. The van der Waals surface area contributed by atoms with Gasteiger partial charge in [-0.3, -0.25) is 14.6 Å². The van der Waals surface area contributed by atoms with Crippen LogP contribution in [0.4, 0.5) is 5.69 Å². The molecule has 1 atom stereocenters. The number of aromatic nitrogens is 2. The lowest BCUT2D eigenvalue weighted by molar-refractivity contribution is -0.139. The van der Waals surface area contributed by atoms with Crippen molar-refractivity contribution in [3.05, 3.63) is 58.3 Å². The maximum atomic E-state index is 12.6. The van der Waals surface area contributed by atoms with Gasteiger partial charge in [-0.1, -0.05) is 6.07 Å². The maximum absolute atomic E-state index is 12.6. The van der Waals surface area contributed by atoms with Crippen molar-refractivity contribution < 1.29 is 9.53 Å². The third-order valence-electron chi connectivity index (χ3n) is 4.48. The van der Waals surface area contributed by atoms with Crippen LogP contribution in [0.5, 0.6) is 0 Å². The number of anilines is 1. The van der Waals surface area contributed by atoms with Crippen molar-refractivity contribution in [3.8, 4) is 0 Å². The predicted molar refractivity (Wildman–Crippen MR) is 99.1 cm³/mol. The number of pyridine rings is 2. The second-order valence-corrected chi connectivity index (χ2v) is 6.35. The van der Waals surface area contributed by atoms with E-state index in [0.717, 1.165) is 17.1 Å². The lowest BCUT2D eigenvalue weighted by atomic mass is 10.1. The average molecular weight is 356 g/mol. The number of nitrogens with zero attached hydrogens (tertiary/aromatic N) is 3. The molecule has 1 N–H and O–H groups in total. The zero-order valence-electron chi connectivity index (χ0n) is 15.1. The molecule has 2 aromatic rings. The molecule has 7 heteroatoms. The first kappa shape index (κ1) is 18.1. The maximum Gasteiger partial charge on any atom is 0.250 e. The van der Waals surface area contributed by atoms with Crippen molar-refractivity contribution in [3.63, 3.8) is 0 Å². The van der Waals surface area contributed by atoms with Crippen LogP contribution in [0.25, 0.3) is 0 Å². The summed E-state index contributed by atoms with van der Waals surface area (Å²) in [5.41, 5.74) is 2.61. The summed E-state index contributed by atoms with van der Waals surface area (Å²) in [7, 11) is 1.86. The van der Waals surface area contributed by atoms with Gasteiger partial charge >= 0.3 is 0 Å².